The number of aromatic amines is 7. The van der Waals surface area contributed by atoms with Crippen LogP contribution in [-0.2, 0) is 26.2 Å². The Morgan fingerprint density at radius 3 is 1.30 bits per heavy atom. The highest BCUT2D eigenvalue weighted by atomic mass is 19.1. The Morgan fingerprint density at radius 1 is 0.441 bits per heavy atom. The summed E-state index contributed by atoms with van der Waals surface area (Å²) in [5.41, 5.74) is 17.4. The standard InChI is InChI=1S/C24H16FN5O4.2C24H15FN4O5.C24H17N3O7/c25-14-9-17-19(21-12(14)5-7-34-21)18(13-2-1-6-27-22(13)31)20(23(32)33)30(17)10-11-3-4-15-16(8-11)29-24(26)28-15;25-14-9-17-19(21-12(14)5-7-34-21)18(13-2-1-6-26-22(13)30)20(23(31)32)29(17)10-11-3-4-15-16(8-11)28-24(33)27-15;25-15-9-16-19(21-12(15)5-7-33-21)18(13-2-1-6-27-23(13)30)20(24(31)32)29(16)10-11-3-4-17-14(8-11)22(26)28-34-17;1-33-18-7-5-15(27(31)32)11-14(18)12-26-17-6-4-13-8-10-34-22(13)20(17)19(21(26)24(29)30)16-3-2-9-25-23(16)28/h1-9H,10H2,(H,27,31)(H,32,33)(H3,26,28,29);1-9H,10H2,(H,26,30)(H,31,32)(H2,27,28,33);1-9H,10H2,(H2,26,28)(H,27,30)(H,31,32);2-11H,12H2,1H3,(H,25,28)(H,29,30). The Balaban J connectivity index is 0.000000112. The molecule has 8 aromatic carbocycles. The van der Waals surface area contributed by atoms with Crippen molar-refractivity contribution in [1.82, 2.24) is 63.3 Å². The number of pyridine rings is 4. The molecule has 0 spiro atoms. The number of nitro groups is 1. The van der Waals surface area contributed by atoms with Gasteiger partial charge in [0.15, 0.2) is 17.3 Å². The maximum Gasteiger partial charge on any atom is 0.353 e. The van der Waals surface area contributed by atoms with E-state index in [0.29, 0.717) is 93.6 Å². The van der Waals surface area contributed by atoms with E-state index in [2.05, 4.69) is 45.0 Å². The summed E-state index contributed by atoms with van der Waals surface area (Å²) in [5, 5.41) is 59.4. The zero-order valence-electron chi connectivity index (χ0n) is 69.8. The summed E-state index contributed by atoms with van der Waals surface area (Å²) >= 11 is 0. The Morgan fingerprint density at radius 2 is 0.853 bits per heavy atom. The van der Waals surface area contributed by atoms with Crippen LogP contribution in [-0.4, -0.2) is 120 Å². The first-order chi connectivity index (χ1) is 65.7. The molecule has 15 heterocycles. The number of rotatable bonds is 18. The van der Waals surface area contributed by atoms with E-state index < -0.39 is 68.5 Å². The fraction of sp³-hybridized carbons (Fsp3) is 0.0521. The molecule has 40 heteroatoms. The normalized spacial score (nSPS) is 11.6. The molecule has 37 nitrogen and oxygen atoms in total. The Kier molecular flexibility index (Phi) is 20.7. The van der Waals surface area contributed by atoms with Gasteiger partial charge in [-0.3, -0.25) is 29.3 Å². The SMILES string of the molecule is COc1ccc([N+](=O)[O-])cc1Cn1c(C(=O)O)c(-c2ccc[nH]c2=O)c2c3occc3ccc21.Nc1nc2ccc(Cn3c(C(=O)O)c(-c4ccc[nH]c4=O)c4c5occc5c(F)cc43)cc2[nH]1.Nc1noc2ccc(Cn3c(C(=O)O)c(-c4ccc[nH]c4=O)c4c5occc5c(F)cc43)cc12.O=C(O)c1c(-c2ccc[nH]c2=O)c2c3occc3c(F)cc2n1Cc1ccc2[nH]c(=O)[nH]c2c1. The van der Waals surface area contributed by atoms with Crippen LogP contribution in [0.4, 0.5) is 30.6 Å². The van der Waals surface area contributed by atoms with Crippen LogP contribution < -0.4 is 44.1 Å². The lowest BCUT2D eigenvalue weighted by atomic mass is 10.0. The highest BCUT2D eigenvalue weighted by molar-refractivity contribution is 6.21. The van der Waals surface area contributed by atoms with Gasteiger partial charge in [0, 0.05) is 89.8 Å². The third-order valence-electron chi connectivity index (χ3n) is 23.5. The third-order valence-corrected chi connectivity index (χ3v) is 23.5. The van der Waals surface area contributed by atoms with E-state index in [0.717, 1.165) is 10.9 Å². The van der Waals surface area contributed by atoms with Gasteiger partial charge in [0.1, 0.15) is 68.3 Å². The van der Waals surface area contributed by atoms with Gasteiger partial charge in [0.25, 0.3) is 27.9 Å². The number of nitrogens with two attached hydrogens (primary N) is 2. The number of carboxylic acids is 4. The van der Waals surface area contributed by atoms with Crippen LogP contribution in [0.2, 0.25) is 0 Å². The van der Waals surface area contributed by atoms with E-state index in [1.807, 2.05) is 0 Å². The molecule has 0 fully saturated rings. The molecular formula is C96H63F3N16O21. The van der Waals surface area contributed by atoms with Gasteiger partial charge in [0.05, 0.1) is 153 Å². The minimum Gasteiger partial charge on any atom is -0.496 e. The summed E-state index contributed by atoms with van der Waals surface area (Å²) in [7, 11) is 1.43. The van der Waals surface area contributed by atoms with E-state index in [4.69, 9.17) is 38.4 Å². The molecule has 0 aliphatic heterocycles. The molecular weight excluding hydrogens is 1770 g/mol. The summed E-state index contributed by atoms with van der Waals surface area (Å²) in [6.07, 6.45) is 11.3. The summed E-state index contributed by atoms with van der Waals surface area (Å²) in [5.74, 6) is -5.97. The Labute approximate surface area is 751 Å². The lowest BCUT2D eigenvalue weighted by Gasteiger charge is -2.12. The number of carboxylic acid groups (broad SMARTS) is 4. The number of hydrogen-bond donors (Lipinski definition) is 13. The van der Waals surface area contributed by atoms with Gasteiger partial charge in [-0.2, -0.15) is 0 Å². The van der Waals surface area contributed by atoms with E-state index in [1.54, 1.807) is 103 Å². The minimum atomic E-state index is -1.29. The summed E-state index contributed by atoms with van der Waals surface area (Å²) in [6, 6.07) is 45.7. The van der Waals surface area contributed by atoms with Gasteiger partial charge >= 0.3 is 29.6 Å². The second-order valence-electron chi connectivity index (χ2n) is 31.2. The number of ether oxygens (including phenoxy) is 1. The maximum atomic E-state index is 15.0. The molecule has 136 heavy (non-hydrogen) atoms. The monoisotopic (exact) mass is 1830 g/mol. The van der Waals surface area contributed by atoms with Crippen molar-refractivity contribution in [3.8, 4) is 50.3 Å². The smallest absolute Gasteiger partial charge is 0.353 e. The number of carbonyl (C=O) groups is 4. The number of benzene rings is 8. The number of H-pyrrole nitrogens is 7. The number of furan rings is 4. The fourth-order valence-electron chi connectivity index (χ4n) is 17.8. The molecule has 15 N–H and O–H groups in total. The number of anilines is 2. The summed E-state index contributed by atoms with van der Waals surface area (Å²) in [4.78, 5) is 146. The number of hydrogen-bond acceptors (Lipinski definition) is 21. The van der Waals surface area contributed by atoms with Crippen LogP contribution in [0, 0.1) is 27.6 Å². The zero-order chi connectivity index (χ0) is 94.7. The first-order valence-corrected chi connectivity index (χ1v) is 40.9. The lowest BCUT2D eigenvalue weighted by Crippen LogP contribution is -2.14. The molecule has 0 aliphatic carbocycles. The lowest BCUT2D eigenvalue weighted by molar-refractivity contribution is -0.384. The zero-order valence-corrected chi connectivity index (χ0v) is 69.8. The van der Waals surface area contributed by atoms with Crippen molar-refractivity contribution in [1.29, 1.82) is 0 Å². The van der Waals surface area contributed by atoms with Gasteiger partial charge in [-0.05, 0) is 162 Å². The highest BCUT2D eigenvalue weighted by Crippen LogP contribution is 2.46. The number of halogens is 3. The molecule has 0 saturated carbocycles. The summed E-state index contributed by atoms with van der Waals surface area (Å²) in [6.45, 7) is 0.121. The number of aromatic carboxylic acids is 4. The number of nitrogens with one attached hydrogen (secondary N) is 7. The second-order valence-corrected chi connectivity index (χ2v) is 31.2. The molecule has 23 aromatic rings. The number of nitrogen functional groups attached to an aromatic ring is 2. The largest absolute Gasteiger partial charge is 0.496 e. The number of nitrogens with zero attached hydrogens (tertiary/aromatic N) is 7. The summed E-state index contributed by atoms with van der Waals surface area (Å²) < 4.78 is 83.8. The van der Waals surface area contributed by atoms with Crippen molar-refractivity contribution in [2.24, 2.45) is 0 Å². The van der Waals surface area contributed by atoms with Crippen LogP contribution >= 0.6 is 0 Å². The number of non-ortho nitro benzene ring substituents is 1. The van der Waals surface area contributed by atoms with Gasteiger partial charge in [-0.1, -0.05) is 23.4 Å². The number of imidazole rings is 2. The van der Waals surface area contributed by atoms with Gasteiger partial charge < -0.3 is 112 Å². The van der Waals surface area contributed by atoms with E-state index >= 15 is 0 Å². The Hall–Kier alpha value is -19.4. The number of aromatic nitrogens is 13. The molecule has 0 saturated heterocycles. The van der Waals surface area contributed by atoms with Crippen LogP contribution in [0.15, 0.2) is 272 Å². The number of methoxy groups -OCH3 is 1. The van der Waals surface area contributed by atoms with Crippen LogP contribution in [0.5, 0.6) is 5.75 Å². The number of fused-ring (bicyclic) bond motifs is 15. The van der Waals surface area contributed by atoms with Crippen molar-refractivity contribution in [3.05, 3.63) is 350 Å². The van der Waals surface area contributed by atoms with Gasteiger partial charge in [-0.15, -0.1) is 0 Å². The van der Waals surface area contributed by atoms with Crippen molar-refractivity contribution < 1.29 is 84.6 Å². The third kappa shape index (κ3) is 14.4. The van der Waals surface area contributed by atoms with Crippen molar-refractivity contribution >= 4 is 162 Å². The molecule has 23 rings (SSSR count). The first-order valence-electron chi connectivity index (χ1n) is 40.9. The van der Waals surface area contributed by atoms with E-state index in [-0.39, 0.29) is 161 Å². The minimum absolute atomic E-state index is 0.0394. The van der Waals surface area contributed by atoms with Gasteiger partial charge in [0.2, 0.25) is 0 Å². The van der Waals surface area contributed by atoms with E-state index in [1.165, 1.54) is 148 Å². The molecule has 15 aromatic heterocycles. The quantitative estimate of drug-likeness (QED) is 0.0280. The van der Waals surface area contributed by atoms with Crippen molar-refractivity contribution in [3.63, 3.8) is 0 Å². The average molecular weight is 1830 g/mol. The molecule has 0 unspecified atom stereocenters. The molecule has 0 amide bonds. The molecule has 0 atom stereocenters. The maximum absolute atomic E-state index is 15.0. The van der Waals surface area contributed by atoms with E-state index in [9.17, 15) is 86.9 Å². The highest BCUT2D eigenvalue weighted by Gasteiger charge is 2.35. The second kappa shape index (κ2) is 33.3. The first kappa shape index (κ1) is 84.7. The van der Waals surface area contributed by atoms with Crippen LogP contribution in [0.1, 0.15) is 64.2 Å². The predicted octanol–water partition coefficient (Wildman–Crippen LogP) is 16.6. The fourth-order valence-corrected chi connectivity index (χ4v) is 17.8. The molecule has 674 valence electrons. The molecule has 0 radical (unpaired) electrons. The van der Waals surface area contributed by atoms with Crippen molar-refractivity contribution in [2.75, 3.05) is 18.6 Å². The average Bonchev–Trinajstić information content (AvgIpc) is 1.57. The topological polar surface area (TPSA) is 561 Å². The Bertz CT molecular complexity index is 9310. The predicted molar refractivity (Wildman–Crippen MR) is 493 cm³/mol. The van der Waals surface area contributed by atoms with Crippen LogP contribution in [0.3, 0.4) is 0 Å². The molecule has 0 bridgehead atoms. The van der Waals surface area contributed by atoms with Gasteiger partial charge in [-0.25, -0.2) is 42.1 Å². The number of nitro benzene ring substituents is 1. The molecule has 0 aliphatic rings. The van der Waals surface area contributed by atoms with Crippen LogP contribution in [0.25, 0.3) is 165 Å². The van der Waals surface area contributed by atoms with Crippen molar-refractivity contribution in [2.45, 2.75) is 26.2 Å².